The van der Waals surface area contributed by atoms with Crippen LogP contribution in [0.1, 0.15) is 12.5 Å². The van der Waals surface area contributed by atoms with Gasteiger partial charge in [0.05, 0.1) is 12.4 Å². The number of carbonyl (C=O) groups excluding carboxylic acids is 1. The molecule has 1 unspecified atom stereocenters. The lowest BCUT2D eigenvalue weighted by atomic mass is 10.2. The normalized spacial score (nSPS) is 11.8. The van der Waals surface area contributed by atoms with Crippen LogP contribution in [0.5, 0.6) is 5.75 Å². The molecule has 0 bridgehead atoms. The maximum atomic E-state index is 12.4. The first-order valence-electron chi connectivity index (χ1n) is 8.33. The number of nitrogens with one attached hydrogen (secondary N) is 1. The van der Waals surface area contributed by atoms with Gasteiger partial charge in [-0.1, -0.05) is 42.1 Å². The number of imidazole rings is 1. The van der Waals surface area contributed by atoms with Gasteiger partial charge in [0, 0.05) is 24.6 Å². The van der Waals surface area contributed by atoms with E-state index in [0.717, 1.165) is 22.2 Å². The molecule has 1 atom stereocenters. The van der Waals surface area contributed by atoms with E-state index in [-0.39, 0.29) is 11.2 Å². The molecule has 0 saturated heterocycles. The minimum absolute atomic E-state index is 0.0110. The fourth-order valence-electron chi connectivity index (χ4n) is 2.46. The smallest absolute Gasteiger partial charge is 0.233 e. The summed E-state index contributed by atoms with van der Waals surface area (Å²) >= 11 is 1.43. The Hall–Kier alpha value is -2.73. The molecule has 2 aromatic carbocycles. The predicted octanol–water partition coefficient (Wildman–Crippen LogP) is 3.68. The number of thioether (sulfide) groups is 1. The van der Waals surface area contributed by atoms with Gasteiger partial charge < -0.3 is 10.1 Å². The Morgan fingerprint density at radius 3 is 2.62 bits per heavy atom. The van der Waals surface area contributed by atoms with Crippen molar-refractivity contribution in [1.29, 1.82) is 0 Å². The van der Waals surface area contributed by atoms with Crippen molar-refractivity contribution >= 4 is 17.7 Å². The first-order valence-corrected chi connectivity index (χ1v) is 9.21. The lowest BCUT2D eigenvalue weighted by Crippen LogP contribution is -2.30. The summed E-state index contributed by atoms with van der Waals surface area (Å²) in [5, 5.41) is 3.50. The molecule has 0 aliphatic carbocycles. The third-order valence-electron chi connectivity index (χ3n) is 3.92. The van der Waals surface area contributed by atoms with Crippen molar-refractivity contribution in [2.24, 2.45) is 0 Å². The third kappa shape index (κ3) is 4.46. The first-order chi connectivity index (χ1) is 12.7. The highest BCUT2D eigenvalue weighted by atomic mass is 32.2. The predicted molar refractivity (Wildman–Crippen MR) is 104 cm³/mol. The van der Waals surface area contributed by atoms with Crippen LogP contribution in [0.3, 0.4) is 0 Å². The number of hydrogen-bond donors (Lipinski definition) is 1. The molecule has 0 aliphatic heterocycles. The van der Waals surface area contributed by atoms with Gasteiger partial charge in [-0.15, -0.1) is 0 Å². The largest absolute Gasteiger partial charge is 0.497 e. The van der Waals surface area contributed by atoms with Crippen molar-refractivity contribution in [3.05, 3.63) is 72.6 Å². The summed E-state index contributed by atoms with van der Waals surface area (Å²) in [4.78, 5) is 16.8. The number of carbonyl (C=O) groups is 1. The highest BCUT2D eigenvalue weighted by Gasteiger charge is 2.17. The van der Waals surface area contributed by atoms with Crippen molar-refractivity contribution in [2.45, 2.75) is 23.9 Å². The number of benzene rings is 2. The highest BCUT2D eigenvalue weighted by Crippen LogP contribution is 2.25. The lowest BCUT2D eigenvalue weighted by molar-refractivity contribution is -0.120. The zero-order chi connectivity index (χ0) is 18.4. The van der Waals surface area contributed by atoms with Crippen LogP contribution in [0.2, 0.25) is 0 Å². The van der Waals surface area contributed by atoms with Crippen LogP contribution in [0.25, 0.3) is 5.69 Å². The third-order valence-corrected chi connectivity index (χ3v) is 5.00. The molecule has 5 nitrogen and oxygen atoms in total. The second-order valence-corrected chi connectivity index (χ2v) is 7.05. The van der Waals surface area contributed by atoms with Gasteiger partial charge in [0.15, 0.2) is 5.16 Å². The molecule has 0 radical (unpaired) electrons. The Kier molecular flexibility index (Phi) is 5.96. The van der Waals surface area contributed by atoms with Crippen LogP contribution in [-0.2, 0) is 11.3 Å². The Morgan fingerprint density at radius 1 is 1.19 bits per heavy atom. The van der Waals surface area contributed by atoms with Crippen molar-refractivity contribution < 1.29 is 9.53 Å². The quantitative estimate of drug-likeness (QED) is 0.647. The number of rotatable bonds is 7. The van der Waals surface area contributed by atoms with Gasteiger partial charge in [-0.2, -0.15) is 0 Å². The molecule has 1 N–H and O–H groups in total. The van der Waals surface area contributed by atoms with Gasteiger partial charge in [0.1, 0.15) is 5.75 Å². The van der Waals surface area contributed by atoms with Crippen LogP contribution in [0.15, 0.2) is 72.1 Å². The first kappa shape index (κ1) is 18.1. The molecule has 3 rings (SSSR count). The van der Waals surface area contributed by atoms with E-state index in [0.29, 0.717) is 6.54 Å². The monoisotopic (exact) mass is 367 g/mol. The average molecular weight is 367 g/mol. The lowest BCUT2D eigenvalue weighted by Gasteiger charge is -2.13. The minimum Gasteiger partial charge on any atom is -0.497 e. The van der Waals surface area contributed by atoms with Gasteiger partial charge in [-0.25, -0.2) is 4.98 Å². The Morgan fingerprint density at radius 2 is 1.92 bits per heavy atom. The molecule has 0 fully saturated rings. The molecule has 0 aliphatic rings. The number of hydrogen-bond acceptors (Lipinski definition) is 4. The highest BCUT2D eigenvalue weighted by molar-refractivity contribution is 8.00. The number of aromatic nitrogens is 2. The summed E-state index contributed by atoms with van der Waals surface area (Å²) in [7, 11) is 1.64. The Balaban J connectivity index is 1.63. The topological polar surface area (TPSA) is 56.2 Å². The second-order valence-electron chi connectivity index (χ2n) is 5.74. The fraction of sp³-hybridized carbons (Fsp3) is 0.200. The van der Waals surface area contributed by atoms with Gasteiger partial charge in [-0.05, 0) is 36.8 Å². The molecule has 26 heavy (non-hydrogen) atoms. The molecular formula is C20H21N3O2S. The van der Waals surface area contributed by atoms with E-state index in [1.54, 1.807) is 13.3 Å². The molecule has 1 aromatic heterocycles. The zero-order valence-electron chi connectivity index (χ0n) is 14.8. The maximum Gasteiger partial charge on any atom is 0.233 e. The van der Waals surface area contributed by atoms with Crippen molar-refractivity contribution in [1.82, 2.24) is 14.9 Å². The summed E-state index contributed by atoms with van der Waals surface area (Å²) in [5.74, 6) is 0.792. The van der Waals surface area contributed by atoms with Crippen molar-refractivity contribution in [3.8, 4) is 11.4 Å². The van der Waals surface area contributed by atoms with Crippen LogP contribution < -0.4 is 10.1 Å². The fourth-order valence-corrected chi connectivity index (χ4v) is 3.36. The van der Waals surface area contributed by atoms with E-state index in [1.807, 2.05) is 72.3 Å². The van der Waals surface area contributed by atoms with Gasteiger partial charge in [-0.3, -0.25) is 9.36 Å². The molecule has 1 heterocycles. The van der Waals surface area contributed by atoms with E-state index < -0.39 is 0 Å². The molecule has 6 heteroatoms. The average Bonchev–Trinajstić information content (AvgIpc) is 3.15. The number of methoxy groups -OCH3 is 1. The standard InChI is InChI=1S/C20H21N3O2S/c1-15(19(24)22-14-16-6-4-3-5-7-16)26-20-21-12-13-23(20)17-8-10-18(25-2)11-9-17/h3-13,15H,14H2,1-2H3,(H,22,24). The van der Waals surface area contributed by atoms with Crippen molar-refractivity contribution in [3.63, 3.8) is 0 Å². The second kappa shape index (κ2) is 8.58. The number of nitrogens with zero attached hydrogens (tertiary/aromatic N) is 2. The summed E-state index contributed by atoms with van der Waals surface area (Å²) in [5.41, 5.74) is 2.06. The van der Waals surface area contributed by atoms with E-state index in [1.165, 1.54) is 11.8 Å². The summed E-state index contributed by atoms with van der Waals surface area (Å²) in [6, 6.07) is 17.6. The maximum absolute atomic E-state index is 12.4. The van der Waals surface area contributed by atoms with E-state index >= 15 is 0 Å². The van der Waals surface area contributed by atoms with E-state index in [9.17, 15) is 4.79 Å². The van der Waals surface area contributed by atoms with Crippen LogP contribution in [0.4, 0.5) is 0 Å². The molecule has 0 spiro atoms. The van der Waals surface area contributed by atoms with Gasteiger partial charge >= 0.3 is 0 Å². The van der Waals surface area contributed by atoms with E-state index in [2.05, 4.69) is 10.3 Å². The number of amides is 1. The Bertz CT molecular complexity index is 847. The molecular weight excluding hydrogens is 346 g/mol. The van der Waals surface area contributed by atoms with Crippen LogP contribution in [0, 0.1) is 0 Å². The van der Waals surface area contributed by atoms with Gasteiger partial charge in [0.2, 0.25) is 5.91 Å². The minimum atomic E-state index is -0.252. The zero-order valence-corrected chi connectivity index (χ0v) is 15.6. The van der Waals surface area contributed by atoms with E-state index in [4.69, 9.17) is 4.74 Å². The summed E-state index contributed by atoms with van der Waals surface area (Å²) in [6.07, 6.45) is 3.62. The Labute approximate surface area is 157 Å². The molecule has 134 valence electrons. The molecule has 1 amide bonds. The SMILES string of the molecule is COc1ccc(-n2ccnc2SC(C)C(=O)NCc2ccccc2)cc1. The molecule has 0 saturated carbocycles. The summed E-state index contributed by atoms with van der Waals surface area (Å²) < 4.78 is 7.16. The van der Waals surface area contributed by atoms with Crippen LogP contribution in [-0.4, -0.2) is 27.8 Å². The summed E-state index contributed by atoms with van der Waals surface area (Å²) in [6.45, 7) is 2.41. The molecule has 3 aromatic rings. The number of ether oxygens (including phenoxy) is 1. The van der Waals surface area contributed by atoms with Gasteiger partial charge in [0.25, 0.3) is 0 Å². The van der Waals surface area contributed by atoms with Crippen molar-refractivity contribution in [2.75, 3.05) is 7.11 Å². The van der Waals surface area contributed by atoms with Crippen LogP contribution >= 0.6 is 11.8 Å².